The minimum absolute atomic E-state index is 0.159. The Morgan fingerprint density at radius 1 is 1.38 bits per heavy atom. The SMILES string of the molecule is C/C=C/CN1C(=O)C2C(=NC3=[N+]2C(C)C(C)=NN3CC(N)=O)N(C)C1=O. The van der Waals surface area contributed by atoms with Crippen molar-refractivity contribution < 1.29 is 19.0 Å². The maximum absolute atomic E-state index is 13.1. The van der Waals surface area contributed by atoms with Crippen LogP contribution in [0.15, 0.2) is 22.2 Å². The van der Waals surface area contributed by atoms with Gasteiger partial charge < -0.3 is 5.73 Å². The number of nitrogens with two attached hydrogens (primary N) is 1. The maximum atomic E-state index is 13.1. The van der Waals surface area contributed by atoms with Gasteiger partial charge in [-0.15, -0.1) is 10.1 Å². The minimum Gasteiger partial charge on any atom is -0.367 e. The average Bonchev–Trinajstić information content (AvgIpc) is 2.98. The molecular weight excluding hydrogens is 338 g/mol. The van der Waals surface area contributed by atoms with E-state index in [2.05, 4.69) is 10.1 Å². The molecule has 1 fully saturated rings. The van der Waals surface area contributed by atoms with E-state index in [1.54, 1.807) is 23.8 Å². The fraction of sp³-hybridized carbons (Fsp3) is 0.500. The predicted octanol–water partition coefficient (Wildman–Crippen LogP) is -0.829. The molecule has 26 heavy (non-hydrogen) atoms. The molecule has 0 aromatic heterocycles. The Labute approximate surface area is 150 Å². The molecule has 2 unspecified atom stereocenters. The van der Waals surface area contributed by atoms with Crippen LogP contribution in [0.25, 0.3) is 0 Å². The zero-order valence-electron chi connectivity index (χ0n) is 15.2. The lowest BCUT2D eigenvalue weighted by Crippen LogP contribution is -2.64. The molecule has 0 bridgehead atoms. The van der Waals surface area contributed by atoms with Gasteiger partial charge in [0.1, 0.15) is 6.04 Å². The fourth-order valence-corrected chi connectivity index (χ4v) is 3.21. The lowest BCUT2D eigenvalue weighted by Gasteiger charge is -2.35. The van der Waals surface area contributed by atoms with Crippen molar-refractivity contribution in [1.29, 1.82) is 0 Å². The highest BCUT2D eigenvalue weighted by Gasteiger charge is 2.56. The van der Waals surface area contributed by atoms with Crippen molar-refractivity contribution in [2.45, 2.75) is 32.9 Å². The van der Waals surface area contributed by atoms with Crippen LogP contribution in [-0.2, 0) is 9.59 Å². The molecule has 3 heterocycles. The van der Waals surface area contributed by atoms with Gasteiger partial charge in [0.25, 0.3) is 11.8 Å². The van der Waals surface area contributed by atoms with Crippen LogP contribution in [0.2, 0.25) is 0 Å². The summed E-state index contributed by atoms with van der Waals surface area (Å²) in [6.07, 6.45) is 3.53. The van der Waals surface area contributed by atoms with Gasteiger partial charge in [-0.25, -0.2) is 9.37 Å². The molecule has 0 spiro atoms. The smallest absolute Gasteiger partial charge is 0.367 e. The molecule has 3 aliphatic heterocycles. The predicted molar refractivity (Wildman–Crippen MR) is 94.6 cm³/mol. The minimum atomic E-state index is -0.742. The molecule has 10 nitrogen and oxygen atoms in total. The third kappa shape index (κ3) is 2.57. The Morgan fingerprint density at radius 3 is 2.69 bits per heavy atom. The molecule has 4 amide bonds. The van der Waals surface area contributed by atoms with E-state index in [0.717, 1.165) is 5.71 Å². The molecule has 0 aromatic carbocycles. The number of guanidine groups is 1. The zero-order valence-corrected chi connectivity index (χ0v) is 15.2. The maximum Gasteiger partial charge on any atom is 0.417 e. The number of carbonyl (C=O) groups is 3. The first kappa shape index (κ1) is 17.8. The number of aliphatic imine (C=N–C) groups is 1. The van der Waals surface area contributed by atoms with Gasteiger partial charge in [-0.1, -0.05) is 17.1 Å². The van der Waals surface area contributed by atoms with E-state index in [9.17, 15) is 14.4 Å². The van der Waals surface area contributed by atoms with Crippen molar-refractivity contribution in [2.75, 3.05) is 20.1 Å². The topological polar surface area (TPSA) is 115 Å². The molecule has 3 aliphatic rings. The first-order valence-corrected chi connectivity index (χ1v) is 8.33. The number of allylic oxidation sites excluding steroid dienone is 1. The zero-order chi connectivity index (χ0) is 19.2. The second-order valence-corrected chi connectivity index (χ2v) is 6.38. The van der Waals surface area contributed by atoms with Crippen LogP contribution < -0.4 is 5.73 Å². The summed E-state index contributed by atoms with van der Waals surface area (Å²) < 4.78 is 1.79. The number of amidine groups is 1. The monoisotopic (exact) mass is 360 g/mol. The molecular formula is C16H22N7O3+. The van der Waals surface area contributed by atoms with E-state index in [1.807, 2.05) is 20.8 Å². The summed E-state index contributed by atoms with van der Waals surface area (Å²) in [7, 11) is 1.58. The van der Waals surface area contributed by atoms with E-state index in [0.29, 0.717) is 11.8 Å². The van der Waals surface area contributed by atoms with E-state index in [1.165, 1.54) is 14.8 Å². The normalized spacial score (nSPS) is 25.6. The van der Waals surface area contributed by atoms with Crippen molar-refractivity contribution in [3.8, 4) is 0 Å². The van der Waals surface area contributed by atoms with Gasteiger partial charge in [0, 0.05) is 13.6 Å². The molecule has 0 saturated carbocycles. The Bertz CT molecular complexity index is 811. The van der Waals surface area contributed by atoms with Crippen molar-refractivity contribution in [2.24, 2.45) is 15.8 Å². The van der Waals surface area contributed by atoms with E-state index < -0.39 is 18.0 Å². The molecule has 1 saturated heterocycles. The summed E-state index contributed by atoms with van der Waals surface area (Å²) in [5.74, 6) is -0.231. The van der Waals surface area contributed by atoms with Gasteiger partial charge in [-0.2, -0.15) is 0 Å². The number of hydrogen-bond donors (Lipinski definition) is 1. The highest BCUT2D eigenvalue weighted by molar-refractivity contribution is 6.23. The summed E-state index contributed by atoms with van der Waals surface area (Å²) in [5.41, 5.74) is 6.03. The van der Waals surface area contributed by atoms with Gasteiger partial charge in [0.2, 0.25) is 11.9 Å². The average molecular weight is 360 g/mol. The summed E-state index contributed by atoms with van der Waals surface area (Å²) in [6.45, 7) is 5.57. The molecule has 10 heteroatoms. The van der Waals surface area contributed by atoms with Crippen LogP contribution in [0.1, 0.15) is 20.8 Å². The third-order valence-electron chi connectivity index (χ3n) is 4.69. The number of hydrogen-bond acceptors (Lipinski definition) is 6. The van der Waals surface area contributed by atoms with Crippen molar-refractivity contribution >= 4 is 35.4 Å². The number of rotatable bonds is 4. The Hall–Kier alpha value is -3.04. The Balaban J connectivity index is 2.06. The van der Waals surface area contributed by atoms with Crippen LogP contribution in [0.4, 0.5) is 4.79 Å². The standard InChI is InChI=1S/C16H21N7O3/c1-5-6-7-21-14(25)12-13(20(4)16(21)26)18-15-22(8-11(17)24)19-9(2)10(3)23(12)15/h5-6,10,12H,7-8H2,1-4H3,(H-,17,24)/p+1/b6-5+. The summed E-state index contributed by atoms with van der Waals surface area (Å²) in [5, 5.41) is 5.75. The molecule has 0 aliphatic carbocycles. The number of carbonyl (C=O) groups excluding carboxylic acids is 3. The van der Waals surface area contributed by atoms with Gasteiger partial charge in [-0.05, 0) is 20.8 Å². The van der Waals surface area contributed by atoms with Gasteiger partial charge >= 0.3 is 12.0 Å². The van der Waals surface area contributed by atoms with Gasteiger partial charge in [0.05, 0.1) is 5.71 Å². The van der Waals surface area contributed by atoms with Gasteiger partial charge in [-0.3, -0.25) is 19.4 Å². The summed E-state index contributed by atoms with van der Waals surface area (Å²) in [4.78, 5) is 44.0. The van der Waals surface area contributed by atoms with Crippen LogP contribution in [0, 0.1) is 0 Å². The number of urea groups is 1. The Morgan fingerprint density at radius 2 is 2.08 bits per heavy atom. The molecule has 138 valence electrons. The fourth-order valence-electron chi connectivity index (χ4n) is 3.21. The number of fused-ring (bicyclic) bond motifs is 2. The summed E-state index contributed by atoms with van der Waals surface area (Å²) in [6, 6.07) is -1.39. The molecule has 2 N–H and O–H groups in total. The summed E-state index contributed by atoms with van der Waals surface area (Å²) >= 11 is 0. The quantitative estimate of drug-likeness (QED) is 0.520. The van der Waals surface area contributed by atoms with E-state index >= 15 is 0 Å². The Kier molecular flexibility index (Phi) is 4.34. The van der Waals surface area contributed by atoms with Crippen molar-refractivity contribution in [3.05, 3.63) is 12.2 Å². The van der Waals surface area contributed by atoms with Crippen LogP contribution in [0.5, 0.6) is 0 Å². The number of nitrogens with zero attached hydrogens (tertiary/aromatic N) is 6. The first-order valence-electron chi connectivity index (χ1n) is 8.33. The largest absolute Gasteiger partial charge is 0.417 e. The number of likely N-dealkylation sites (N-methyl/N-ethyl adjacent to an activating group) is 1. The molecule has 0 aromatic rings. The third-order valence-corrected chi connectivity index (χ3v) is 4.69. The lowest BCUT2D eigenvalue weighted by molar-refractivity contribution is -0.559. The number of amides is 4. The second-order valence-electron chi connectivity index (χ2n) is 6.38. The number of hydrazone groups is 1. The number of primary amides is 1. The molecule has 3 rings (SSSR count). The highest BCUT2D eigenvalue weighted by atomic mass is 16.2. The van der Waals surface area contributed by atoms with Crippen molar-refractivity contribution in [1.82, 2.24) is 14.8 Å². The molecule has 0 radical (unpaired) electrons. The number of imide groups is 1. The van der Waals surface area contributed by atoms with E-state index in [4.69, 9.17) is 5.73 Å². The highest BCUT2D eigenvalue weighted by Crippen LogP contribution is 2.25. The first-order chi connectivity index (χ1) is 12.3. The van der Waals surface area contributed by atoms with E-state index in [-0.39, 0.29) is 25.0 Å². The van der Waals surface area contributed by atoms with Gasteiger partial charge in [0.15, 0.2) is 6.54 Å². The second kappa shape index (κ2) is 6.36. The van der Waals surface area contributed by atoms with Crippen LogP contribution in [0.3, 0.4) is 0 Å². The van der Waals surface area contributed by atoms with Crippen LogP contribution >= 0.6 is 0 Å². The lowest BCUT2D eigenvalue weighted by atomic mass is 10.1. The molecule has 2 atom stereocenters. The van der Waals surface area contributed by atoms with Crippen molar-refractivity contribution in [3.63, 3.8) is 0 Å². The van der Waals surface area contributed by atoms with Crippen LogP contribution in [-0.4, -0.2) is 87.0 Å².